The molecule has 1 heterocycles. The molecule has 0 saturated carbocycles. The highest BCUT2D eigenvalue weighted by Gasteiger charge is 2.15. The molecule has 196 valence electrons. The number of rotatable bonds is 11. The Hall–Kier alpha value is -3.71. The maximum Gasteiger partial charge on any atom is 0.282 e. The van der Waals surface area contributed by atoms with E-state index >= 15 is 0 Å². The lowest BCUT2D eigenvalue weighted by molar-refractivity contribution is 0.267. The molecule has 1 aromatic heterocycles. The predicted octanol–water partition coefficient (Wildman–Crippen LogP) is 7.01. The van der Waals surface area contributed by atoms with Crippen molar-refractivity contribution >= 4 is 33.0 Å². The third-order valence-electron chi connectivity index (χ3n) is 5.96. The number of halogens is 1. The van der Waals surface area contributed by atoms with Gasteiger partial charge < -0.3 is 9.47 Å². The maximum absolute atomic E-state index is 13.4. The van der Waals surface area contributed by atoms with Crippen molar-refractivity contribution in [1.82, 2.24) is 9.66 Å². The van der Waals surface area contributed by atoms with Crippen molar-refractivity contribution in [2.75, 3.05) is 6.61 Å². The van der Waals surface area contributed by atoms with Crippen molar-refractivity contribution in [3.63, 3.8) is 0 Å². The highest BCUT2D eigenvalue weighted by molar-refractivity contribution is 9.10. The van der Waals surface area contributed by atoms with Crippen LogP contribution in [-0.2, 0) is 19.4 Å². The summed E-state index contributed by atoms with van der Waals surface area (Å²) in [5.41, 5.74) is 4.45. The first-order valence-corrected chi connectivity index (χ1v) is 13.6. The maximum atomic E-state index is 13.4. The fourth-order valence-electron chi connectivity index (χ4n) is 4.27. The first-order chi connectivity index (χ1) is 18.4. The van der Waals surface area contributed by atoms with E-state index < -0.39 is 0 Å². The van der Waals surface area contributed by atoms with Crippen LogP contribution in [0.2, 0.25) is 0 Å². The Labute approximate surface area is 231 Å². The fraction of sp³-hybridized carbons (Fsp3) is 0.258. The van der Waals surface area contributed by atoms with E-state index in [0.29, 0.717) is 54.3 Å². The molecule has 0 bridgehead atoms. The zero-order valence-electron chi connectivity index (χ0n) is 22.0. The van der Waals surface area contributed by atoms with Crippen LogP contribution in [0.3, 0.4) is 0 Å². The molecule has 4 aromatic rings. The van der Waals surface area contributed by atoms with Gasteiger partial charge in [-0.05, 0) is 68.1 Å². The summed E-state index contributed by atoms with van der Waals surface area (Å²) < 4.78 is 14.5. The van der Waals surface area contributed by atoms with Crippen LogP contribution < -0.4 is 15.0 Å². The minimum absolute atomic E-state index is 0.203. The number of hydrogen-bond donors (Lipinski definition) is 0. The van der Waals surface area contributed by atoms with E-state index in [1.54, 1.807) is 12.3 Å². The molecule has 38 heavy (non-hydrogen) atoms. The summed E-state index contributed by atoms with van der Waals surface area (Å²) in [6, 6.07) is 17.6. The third kappa shape index (κ3) is 6.40. The van der Waals surface area contributed by atoms with Crippen LogP contribution in [0.25, 0.3) is 10.9 Å². The number of aromatic nitrogens is 2. The zero-order chi connectivity index (χ0) is 27.1. The van der Waals surface area contributed by atoms with Gasteiger partial charge in [0.15, 0.2) is 11.5 Å². The molecule has 0 radical (unpaired) electrons. The van der Waals surface area contributed by atoms with Gasteiger partial charge in [-0.3, -0.25) is 4.79 Å². The van der Waals surface area contributed by atoms with Crippen LogP contribution in [-0.4, -0.2) is 22.5 Å². The average molecular weight is 575 g/mol. The summed E-state index contributed by atoms with van der Waals surface area (Å²) in [6.07, 6.45) is 5.58. The van der Waals surface area contributed by atoms with Crippen molar-refractivity contribution in [3.05, 3.63) is 110 Å². The third-order valence-corrected chi connectivity index (χ3v) is 6.45. The molecule has 0 spiro atoms. The molecular weight excluding hydrogens is 542 g/mol. The Kier molecular flexibility index (Phi) is 9.13. The Bertz CT molecular complexity index is 1540. The van der Waals surface area contributed by atoms with Gasteiger partial charge in [-0.1, -0.05) is 58.8 Å². The molecular formula is C31H32BrN3O3. The van der Waals surface area contributed by atoms with E-state index in [1.807, 2.05) is 49.4 Å². The Morgan fingerprint density at radius 2 is 1.95 bits per heavy atom. The van der Waals surface area contributed by atoms with Crippen LogP contribution in [0.5, 0.6) is 11.5 Å². The van der Waals surface area contributed by atoms with Gasteiger partial charge in [-0.15, -0.1) is 6.58 Å². The van der Waals surface area contributed by atoms with Crippen LogP contribution in [0, 0.1) is 6.92 Å². The van der Waals surface area contributed by atoms with Crippen molar-refractivity contribution in [1.29, 1.82) is 0 Å². The second kappa shape index (κ2) is 12.7. The van der Waals surface area contributed by atoms with Crippen molar-refractivity contribution < 1.29 is 9.47 Å². The SMILES string of the molecule is C=CCc1cc(C=Nn2c(CCC)nc3ccc(Br)cc3c2=O)cc(OCC)c1OCc1cccc(C)c1. The first kappa shape index (κ1) is 27.3. The Morgan fingerprint density at radius 1 is 1.11 bits per heavy atom. The van der Waals surface area contributed by atoms with E-state index in [9.17, 15) is 4.79 Å². The van der Waals surface area contributed by atoms with E-state index in [4.69, 9.17) is 14.5 Å². The molecule has 7 heteroatoms. The molecule has 6 nitrogen and oxygen atoms in total. The highest BCUT2D eigenvalue weighted by Crippen LogP contribution is 2.34. The van der Waals surface area contributed by atoms with E-state index in [1.165, 1.54) is 10.2 Å². The summed E-state index contributed by atoms with van der Waals surface area (Å²) in [7, 11) is 0. The molecule has 4 rings (SSSR count). The first-order valence-electron chi connectivity index (χ1n) is 12.8. The number of benzene rings is 3. The molecule has 0 atom stereocenters. The predicted molar refractivity (Wildman–Crippen MR) is 158 cm³/mol. The minimum Gasteiger partial charge on any atom is -0.490 e. The van der Waals surface area contributed by atoms with Crippen LogP contribution in [0.4, 0.5) is 0 Å². The van der Waals surface area contributed by atoms with Crippen molar-refractivity contribution in [3.8, 4) is 11.5 Å². The summed E-state index contributed by atoms with van der Waals surface area (Å²) >= 11 is 3.45. The average Bonchev–Trinajstić information content (AvgIpc) is 2.89. The highest BCUT2D eigenvalue weighted by atomic mass is 79.9. The smallest absolute Gasteiger partial charge is 0.282 e. The topological polar surface area (TPSA) is 65.7 Å². The molecule has 0 N–H and O–H groups in total. The Morgan fingerprint density at radius 3 is 2.68 bits per heavy atom. The number of ether oxygens (including phenoxy) is 2. The van der Waals surface area contributed by atoms with Gasteiger partial charge in [0.1, 0.15) is 12.4 Å². The molecule has 0 saturated heterocycles. The lowest BCUT2D eigenvalue weighted by Crippen LogP contribution is -2.22. The molecule has 0 aliphatic heterocycles. The van der Waals surface area contributed by atoms with Crippen molar-refractivity contribution in [2.45, 2.75) is 46.6 Å². The fourth-order valence-corrected chi connectivity index (χ4v) is 4.63. The molecule has 0 fully saturated rings. The molecule has 0 aliphatic carbocycles. The molecule has 0 aliphatic rings. The van der Waals surface area contributed by atoms with E-state index in [-0.39, 0.29) is 5.56 Å². The van der Waals surface area contributed by atoms with Gasteiger partial charge in [0.2, 0.25) is 0 Å². The monoisotopic (exact) mass is 573 g/mol. The van der Waals surface area contributed by atoms with Crippen molar-refractivity contribution in [2.24, 2.45) is 5.10 Å². The van der Waals surface area contributed by atoms with Gasteiger partial charge in [0.25, 0.3) is 5.56 Å². The standard InChI is InChI=1S/C31H32BrN3O3/c1-5-9-24-16-23(17-28(37-7-3)30(24)38-20-22-12-8-11-21(4)15-22)19-33-35-29(10-6-2)34-27-14-13-25(32)18-26(27)31(35)36/h5,8,11-19H,1,6-7,9-10,20H2,2-4H3. The number of fused-ring (bicyclic) bond motifs is 1. The molecule has 0 amide bonds. The normalized spacial score (nSPS) is 11.3. The summed E-state index contributed by atoms with van der Waals surface area (Å²) in [4.78, 5) is 18.1. The van der Waals surface area contributed by atoms with E-state index in [2.05, 4.69) is 53.6 Å². The summed E-state index contributed by atoms with van der Waals surface area (Å²) in [5.74, 6) is 1.94. The summed E-state index contributed by atoms with van der Waals surface area (Å²) in [5, 5.41) is 5.10. The number of hydrogen-bond acceptors (Lipinski definition) is 5. The lowest BCUT2D eigenvalue weighted by Gasteiger charge is -2.17. The lowest BCUT2D eigenvalue weighted by atomic mass is 10.1. The Balaban J connectivity index is 1.74. The van der Waals surface area contributed by atoms with Gasteiger partial charge in [-0.25, -0.2) is 4.98 Å². The largest absolute Gasteiger partial charge is 0.490 e. The van der Waals surface area contributed by atoms with Crippen LogP contribution in [0.15, 0.2) is 81.6 Å². The second-order valence-corrected chi connectivity index (χ2v) is 9.93. The zero-order valence-corrected chi connectivity index (χ0v) is 23.6. The minimum atomic E-state index is -0.203. The van der Waals surface area contributed by atoms with E-state index in [0.717, 1.165) is 27.6 Å². The van der Waals surface area contributed by atoms with Gasteiger partial charge in [0, 0.05) is 16.5 Å². The van der Waals surface area contributed by atoms with Crippen LogP contribution in [0.1, 0.15) is 48.3 Å². The van der Waals surface area contributed by atoms with Gasteiger partial charge >= 0.3 is 0 Å². The number of aryl methyl sites for hydroxylation is 2. The van der Waals surface area contributed by atoms with Gasteiger partial charge in [-0.2, -0.15) is 9.78 Å². The second-order valence-electron chi connectivity index (χ2n) is 9.01. The number of allylic oxidation sites excluding steroid dienone is 1. The molecule has 0 unspecified atom stereocenters. The van der Waals surface area contributed by atoms with Gasteiger partial charge in [0.05, 0.1) is 23.7 Å². The quantitative estimate of drug-likeness (QED) is 0.143. The van der Waals surface area contributed by atoms with Crippen LogP contribution >= 0.6 is 15.9 Å². The number of nitrogens with zero attached hydrogens (tertiary/aromatic N) is 3. The molecule has 3 aromatic carbocycles. The summed E-state index contributed by atoms with van der Waals surface area (Å²) in [6.45, 7) is 10.9.